The summed E-state index contributed by atoms with van der Waals surface area (Å²) in [6.07, 6.45) is 0.780. The zero-order valence-corrected chi connectivity index (χ0v) is 8.82. The van der Waals surface area contributed by atoms with E-state index in [4.69, 9.17) is 4.74 Å². The molecule has 2 nitrogen and oxygen atoms in total. The second kappa shape index (κ2) is 5.28. The van der Waals surface area contributed by atoms with E-state index in [-0.39, 0.29) is 24.3 Å². The van der Waals surface area contributed by atoms with Crippen LogP contribution in [0.25, 0.3) is 0 Å². The number of hydrogen-bond donors (Lipinski definition) is 1. The molecule has 1 aromatic carbocycles. The van der Waals surface area contributed by atoms with E-state index in [0.717, 1.165) is 31.2 Å². The molecule has 0 aromatic heterocycles. The van der Waals surface area contributed by atoms with Crippen LogP contribution < -0.4 is 10.1 Å². The molecular formula is C10H12ClF2NO. The molecule has 2 rings (SSSR count). The molecule has 1 fully saturated rings. The van der Waals surface area contributed by atoms with E-state index in [9.17, 15) is 8.78 Å². The molecule has 1 heterocycles. The highest BCUT2D eigenvalue weighted by Crippen LogP contribution is 2.20. The number of benzene rings is 1. The summed E-state index contributed by atoms with van der Waals surface area (Å²) < 4.78 is 31.2. The number of halogens is 3. The lowest BCUT2D eigenvalue weighted by Crippen LogP contribution is -2.20. The molecule has 1 atom stereocenters. The van der Waals surface area contributed by atoms with Crippen molar-refractivity contribution in [2.45, 2.75) is 12.5 Å². The SMILES string of the molecule is Cl.Fc1ccc(F)c(OC2CCNC2)c1. The summed E-state index contributed by atoms with van der Waals surface area (Å²) in [7, 11) is 0. The predicted octanol–water partition coefficient (Wildman–Crippen LogP) is 2.13. The molecule has 0 amide bonds. The van der Waals surface area contributed by atoms with Crippen LogP contribution in [0.5, 0.6) is 5.75 Å². The van der Waals surface area contributed by atoms with Crippen LogP contribution in [0.2, 0.25) is 0 Å². The fraction of sp³-hybridized carbons (Fsp3) is 0.400. The Hall–Kier alpha value is -0.870. The summed E-state index contributed by atoms with van der Waals surface area (Å²) in [5, 5.41) is 3.09. The van der Waals surface area contributed by atoms with Crippen molar-refractivity contribution >= 4 is 12.4 Å². The lowest BCUT2D eigenvalue weighted by atomic mass is 10.3. The van der Waals surface area contributed by atoms with Crippen LogP contribution in [-0.2, 0) is 0 Å². The van der Waals surface area contributed by atoms with Gasteiger partial charge in [-0.1, -0.05) is 0 Å². The molecule has 1 N–H and O–H groups in total. The summed E-state index contributed by atoms with van der Waals surface area (Å²) in [5.74, 6) is -0.996. The minimum atomic E-state index is -0.515. The molecule has 0 radical (unpaired) electrons. The fourth-order valence-corrected chi connectivity index (χ4v) is 1.48. The smallest absolute Gasteiger partial charge is 0.165 e. The third-order valence-corrected chi connectivity index (χ3v) is 2.20. The van der Waals surface area contributed by atoms with Gasteiger partial charge in [0.2, 0.25) is 0 Å². The molecule has 1 unspecified atom stereocenters. The van der Waals surface area contributed by atoms with E-state index < -0.39 is 11.6 Å². The molecule has 0 bridgehead atoms. The Bertz CT molecular complexity index is 329. The molecule has 1 aliphatic rings. The van der Waals surface area contributed by atoms with Gasteiger partial charge in [0.15, 0.2) is 11.6 Å². The summed E-state index contributed by atoms with van der Waals surface area (Å²) in [5.41, 5.74) is 0. The molecule has 15 heavy (non-hydrogen) atoms. The summed E-state index contributed by atoms with van der Waals surface area (Å²) >= 11 is 0. The maximum Gasteiger partial charge on any atom is 0.165 e. The first-order chi connectivity index (χ1) is 6.75. The van der Waals surface area contributed by atoms with Crippen LogP contribution in [0.3, 0.4) is 0 Å². The number of nitrogens with one attached hydrogen (secondary N) is 1. The number of rotatable bonds is 2. The van der Waals surface area contributed by atoms with Gasteiger partial charge in [0.05, 0.1) is 0 Å². The average Bonchev–Trinajstić information content (AvgIpc) is 2.64. The summed E-state index contributed by atoms with van der Waals surface area (Å²) in [4.78, 5) is 0. The third kappa shape index (κ3) is 3.04. The molecule has 0 saturated carbocycles. The predicted molar refractivity (Wildman–Crippen MR) is 55.5 cm³/mol. The molecule has 84 valence electrons. The normalized spacial score (nSPS) is 19.7. The molecule has 1 aromatic rings. The van der Waals surface area contributed by atoms with E-state index in [1.807, 2.05) is 0 Å². The first kappa shape index (κ1) is 12.2. The first-order valence-corrected chi connectivity index (χ1v) is 4.58. The number of ether oxygens (including phenoxy) is 1. The lowest BCUT2D eigenvalue weighted by Gasteiger charge is -2.12. The van der Waals surface area contributed by atoms with Crippen molar-refractivity contribution in [3.63, 3.8) is 0 Å². The van der Waals surface area contributed by atoms with Crippen molar-refractivity contribution in [3.8, 4) is 5.75 Å². The lowest BCUT2D eigenvalue weighted by molar-refractivity contribution is 0.212. The Morgan fingerprint density at radius 1 is 1.33 bits per heavy atom. The Balaban J connectivity index is 0.00000112. The zero-order valence-electron chi connectivity index (χ0n) is 8.00. The van der Waals surface area contributed by atoms with E-state index in [0.29, 0.717) is 6.54 Å². The van der Waals surface area contributed by atoms with Gasteiger partial charge in [-0.2, -0.15) is 0 Å². The van der Waals surface area contributed by atoms with Crippen molar-refractivity contribution < 1.29 is 13.5 Å². The molecular weight excluding hydrogens is 224 g/mol. The van der Waals surface area contributed by atoms with Crippen molar-refractivity contribution in [3.05, 3.63) is 29.8 Å². The van der Waals surface area contributed by atoms with Crippen molar-refractivity contribution in [1.82, 2.24) is 5.32 Å². The van der Waals surface area contributed by atoms with Crippen LogP contribution in [0, 0.1) is 11.6 Å². The third-order valence-electron chi connectivity index (χ3n) is 2.20. The van der Waals surface area contributed by atoms with Gasteiger partial charge in [-0.15, -0.1) is 12.4 Å². The van der Waals surface area contributed by atoms with Gasteiger partial charge < -0.3 is 10.1 Å². The molecule has 5 heteroatoms. The van der Waals surface area contributed by atoms with Gasteiger partial charge in [-0.3, -0.25) is 0 Å². The quantitative estimate of drug-likeness (QED) is 0.848. The van der Waals surface area contributed by atoms with Gasteiger partial charge in [-0.05, 0) is 25.1 Å². The molecule has 1 saturated heterocycles. The minimum Gasteiger partial charge on any atom is -0.486 e. The Morgan fingerprint density at radius 2 is 2.13 bits per heavy atom. The van der Waals surface area contributed by atoms with Crippen LogP contribution >= 0.6 is 12.4 Å². The van der Waals surface area contributed by atoms with Crippen molar-refractivity contribution in [2.24, 2.45) is 0 Å². The summed E-state index contributed by atoms with van der Waals surface area (Å²) in [6, 6.07) is 3.23. The standard InChI is InChI=1S/C10H11F2NO.ClH/c11-7-1-2-9(12)10(5-7)14-8-3-4-13-6-8;/h1-2,5,8,13H,3-4,6H2;1H. The van der Waals surface area contributed by atoms with E-state index in [1.165, 1.54) is 0 Å². The zero-order chi connectivity index (χ0) is 9.97. The van der Waals surface area contributed by atoms with Crippen molar-refractivity contribution in [1.29, 1.82) is 0 Å². The largest absolute Gasteiger partial charge is 0.486 e. The maximum atomic E-state index is 13.1. The van der Waals surface area contributed by atoms with Gasteiger partial charge in [0.25, 0.3) is 0 Å². The Kier molecular flexibility index (Phi) is 4.29. The van der Waals surface area contributed by atoms with Gasteiger partial charge >= 0.3 is 0 Å². The average molecular weight is 236 g/mol. The van der Waals surface area contributed by atoms with Crippen molar-refractivity contribution in [2.75, 3.05) is 13.1 Å². The van der Waals surface area contributed by atoms with Crippen LogP contribution in [-0.4, -0.2) is 19.2 Å². The maximum absolute atomic E-state index is 13.1. The minimum absolute atomic E-state index is 0. The topological polar surface area (TPSA) is 21.3 Å². The highest BCUT2D eigenvalue weighted by Gasteiger charge is 2.17. The molecule has 1 aliphatic heterocycles. The van der Waals surface area contributed by atoms with E-state index in [2.05, 4.69) is 5.32 Å². The van der Waals surface area contributed by atoms with Crippen LogP contribution in [0.15, 0.2) is 18.2 Å². The highest BCUT2D eigenvalue weighted by molar-refractivity contribution is 5.85. The second-order valence-electron chi connectivity index (χ2n) is 3.31. The Labute approximate surface area is 93.0 Å². The second-order valence-corrected chi connectivity index (χ2v) is 3.31. The molecule has 0 aliphatic carbocycles. The first-order valence-electron chi connectivity index (χ1n) is 4.58. The Morgan fingerprint density at radius 3 is 2.80 bits per heavy atom. The highest BCUT2D eigenvalue weighted by atomic mass is 35.5. The van der Waals surface area contributed by atoms with E-state index in [1.54, 1.807) is 0 Å². The fourth-order valence-electron chi connectivity index (χ4n) is 1.48. The van der Waals surface area contributed by atoms with Crippen LogP contribution in [0.1, 0.15) is 6.42 Å². The summed E-state index contributed by atoms with van der Waals surface area (Å²) in [6.45, 7) is 1.55. The van der Waals surface area contributed by atoms with Gasteiger partial charge in [0, 0.05) is 12.6 Å². The van der Waals surface area contributed by atoms with Gasteiger partial charge in [-0.25, -0.2) is 8.78 Å². The molecule has 0 spiro atoms. The van der Waals surface area contributed by atoms with Gasteiger partial charge in [0.1, 0.15) is 11.9 Å². The van der Waals surface area contributed by atoms with E-state index >= 15 is 0 Å². The number of hydrogen-bond acceptors (Lipinski definition) is 2. The monoisotopic (exact) mass is 235 g/mol. The van der Waals surface area contributed by atoms with Crippen LogP contribution in [0.4, 0.5) is 8.78 Å².